The van der Waals surface area contributed by atoms with E-state index in [0.717, 1.165) is 17.7 Å². The van der Waals surface area contributed by atoms with Gasteiger partial charge in [0, 0.05) is 19.2 Å². The van der Waals surface area contributed by atoms with Crippen LogP contribution in [0.1, 0.15) is 5.56 Å². The van der Waals surface area contributed by atoms with E-state index in [1.807, 2.05) is 11.9 Å². The van der Waals surface area contributed by atoms with Crippen LogP contribution < -0.4 is 4.90 Å². The van der Waals surface area contributed by atoms with Gasteiger partial charge in [-0.05, 0) is 17.7 Å². The van der Waals surface area contributed by atoms with Crippen molar-refractivity contribution < 1.29 is 13.0 Å². The summed E-state index contributed by atoms with van der Waals surface area (Å²) in [4.78, 5) is 2.06. The molecular weight excluding hydrogens is 318 g/mol. The molecule has 16 heavy (non-hydrogen) atoms. The Kier molecular flexibility index (Phi) is 3.89. The fourth-order valence-electron chi connectivity index (χ4n) is 1.67. The molecule has 1 heterocycles. The van der Waals surface area contributed by atoms with E-state index in [4.69, 9.17) is 4.55 Å². The number of likely N-dealkylation sites (N-methyl/N-ethyl adjacent to an activating group) is 1. The maximum atomic E-state index is 10.9. The van der Waals surface area contributed by atoms with Gasteiger partial charge in [0.15, 0.2) is 0 Å². The first-order chi connectivity index (χ1) is 6.89. The molecule has 0 aromatic heterocycles. The first kappa shape index (κ1) is 13.8. The van der Waals surface area contributed by atoms with Gasteiger partial charge in [0.1, 0.15) is 0 Å². The van der Waals surface area contributed by atoms with Crippen molar-refractivity contribution in [3.63, 3.8) is 0 Å². The number of anilines is 1. The van der Waals surface area contributed by atoms with E-state index < -0.39 is 10.1 Å². The topological polar surface area (TPSA) is 57.6 Å². The molecule has 2 rings (SSSR count). The summed E-state index contributed by atoms with van der Waals surface area (Å²) in [6.07, 6.45) is 0.831. The number of nitrogens with zero attached hydrogens (tertiary/aromatic N) is 1. The van der Waals surface area contributed by atoms with Gasteiger partial charge in [-0.1, -0.05) is 22.0 Å². The zero-order valence-corrected chi connectivity index (χ0v) is 11.6. The van der Waals surface area contributed by atoms with Crippen LogP contribution in [0, 0.1) is 0 Å². The van der Waals surface area contributed by atoms with E-state index in [9.17, 15) is 8.42 Å². The highest BCUT2D eigenvalue weighted by atomic mass is 79.9. The highest BCUT2D eigenvalue weighted by Gasteiger charge is 2.25. The van der Waals surface area contributed by atoms with E-state index in [0.29, 0.717) is 0 Å². The van der Waals surface area contributed by atoms with Crippen molar-refractivity contribution in [3.8, 4) is 0 Å². The molecule has 0 bridgehead atoms. The molecule has 0 aliphatic carbocycles. The third-order valence-electron chi connectivity index (χ3n) is 2.54. The molecule has 7 heteroatoms. The van der Waals surface area contributed by atoms with Gasteiger partial charge < -0.3 is 4.90 Å². The molecule has 1 aromatic rings. The van der Waals surface area contributed by atoms with Crippen molar-refractivity contribution in [2.24, 2.45) is 0 Å². The van der Waals surface area contributed by atoms with Crippen molar-refractivity contribution in [1.82, 2.24) is 0 Å². The van der Waals surface area contributed by atoms with Crippen LogP contribution >= 0.6 is 28.3 Å². The fraction of sp³-hybridized carbons (Fsp3) is 0.333. The number of fused-ring (bicyclic) bond motifs is 1. The maximum Gasteiger partial charge on any atom is 0.294 e. The van der Waals surface area contributed by atoms with E-state index in [-0.39, 0.29) is 22.3 Å². The molecule has 0 fully saturated rings. The summed E-state index contributed by atoms with van der Waals surface area (Å²) in [5, 5.41) is 0. The average molecular weight is 329 g/mol. The Morgan fingerprint density at radius 1 is 1.50 bits per heavy atom. The summed E-state index contributed by atoms with van der Waals surface area (Å²) in [6, 6.07) is 4.65. The summed E-state index contributed by atoms with van der Waals surface area (Å²) in [5.74, 6) is 0. The average Bonchev–Trinajstić information content (AvgIpc) is 2.41. The number of hydrogen-bond donors (Lipinski definition) is 1. The Balaban J connectivity index is 0.00000128. The molecule has 0 amide bonds. The van der Waals surface area contributed by atoms with Gasteiger partial charge in [0.2, 0.25) is 0 Å². The maximum absolute atomic E-state index is 10.9. The van der Waals surface area contributed by atoms with E-state index in [1.54, 1.807) is 6.07 Å². The third kappa shape index (κ3) is 2.34. The number of alkyl halides is 1. The number of rotatable bonds is 1. The lowest BCUT2D eigenvalue weighted by molar-refractivity contribution is 0.483. The van der Waals surface area contributed by atoms with Gasteiger partial charge in [-0.25, -0.2) is 0 Å². The largest absolute Gasteiger partial charge is 0.361 e. The Hall–Kier alpha value is -0.300. The highest BCUT2D eigenvalue weighted by Crippen LogP contribution is 2.34. The predicted octanol–water partition coefficient (Wildman–Crippen LogP) is 2.07. The number of halogens is 2. The van der Waals surface area contributed by atoms with Crippen LogP contribution in [0.4, 0.5) is 5.69 Å². The van der Waals surface area contributed by atoms with E-state index >= 15 is 0 Å². The predicted molar refractivity (Wildman–Crippen MR) is 68.3 cm³/mol. The lowest BCUT2D eigenvalue weighted by Crippen LogP contribution is -2.21. The minimum Gasteiger partial charge on any atom is -0.361 e. The molecule has 1 atom stereocenters. The zero-order chi connectivity index (χ0) is 11.2. The van der Waals surface area contributed by atoms with Crippen LogP contribution in [0.15, 0.2) is 23.1 Å². The van der Waals surface area contributed by atoms with Crippen molar-refractivity contribution in [3.05, 3.63) is 23.8 Å². The van der Waals surface area contributed by atoms with E-state index in [2.05, 4.69) is 15.9 Å². The second-order valence-corrected chi connectivity index (χ2v) is 5.99. The van der Waals surface area contributed by atoms with Gasteiger partial charge in [-0.15, -0.1) is 12.4 Å². The molecule has 0 radical (unpaired) electrons. The fourth-order valence-corrected chi connectivity index (χ4v) is 2.74. The van der Waals surface area contributed by atoms with Gasteiger partial charge in [-0.2, -0.15) is 8.42 Å². The minimum atomic E-state index is -4.11. The smallest absolute Gasteiger partial charge is 0.294 e. The Labute approximate surface area is 109 Å². The standard InChI is InChI=1S/C9H10BrNO3S.ClH/c1-11-8-5-7(15(12,13)14)3-2-6(8)4-9(11)10;/h2-3,5,9H,4H2,1H3,(H,12,13,14);1H. The lowest BCUT2D eigenvalue weighted by atomic mass is 10.2. The van der Waals surface area contributed by atoms with Crippen LogP contribution in [-0.4, -0.2) is 25.0 Å². The molecule has 0 spiro atoms. The molecule has 1 aliphatic rings. The molecule has 1 N–H and O–H groups in total. The number of benzene rings is 1. The van der Waals surface area contributed by atoms with Crippen LogP contribution in [0.2, 0.25) is 0 Å². The summed E-state index contributed by atoms with van der Waals surface area (Å²) in [5.41, 5.74) is 1.92. The summed E-state index contributed by atoms with van der Waals surface area (Å²) < 4.78 is 30.8. The zero-order valence-electron chi connectivity index (χ0n) is 8.42. The van der Waals surface area contributed by atoms with Crippen molar-refractivity contribution in [2.75, 3.05) is 11.9 Å². The first-order valence-corrected chi connectivity index (χ1v) is 6.72. The van der Waals surface area contributed by atoms with Crippen LogP contribution in [0.3, 0.4) is 0 Å². The lowest BCUT2D eigenvalue weighted by Gasteiger charge is -2.16. The van der Waals surface area contributed by atoms with Crippen molar-refractivity contribution in [1.29, 1.82) is 0 Å². The second kappa shape index (κ2) is 4.52. The highest BCUT2D eigenvalue weighted by molar-refractivity contribution is 9.09. The third-order valence-corrected chi connectivity index (χ3v) is 4.33. The van der Waals surface area contributed by atoms with E-state index in [1.165, 1.54) is 12.1 Å². The molecule has 1 aromatic carbocycles. The first-order valence-electron chi connectivity index (χ1n) is 4.37. The normalized spacial score (nSPS) is 19.2. The van der Waals surface area contributed by atoms with Crippen molar-refractivity contribution in [2.45, 2.75) is 16.3 Å². The van der Waals surface area contributed by atoms with Gasteiger partial charge in [-0.3, -0.25) is 4.55 Å². The molecular formula is C9H11BrClNO3S. The number of hydrogen-bond acceptors (Lipinski definition) is 3. The Morgan fingerprint density at radius 2 is 2.12 bits per heavy atom. The monoisotopic (exact) mass is 327 g/mol. The quantitative estimate of drug-likeness (QED) is 0.487. The molecule has 1 aliphatic heterocycles. The molecule has 4 nitrogen and oxygen atoms in total. The van der Waals surface area contributed by atoms with Crippen LogP contribution in [0.5, 0.6) is 0 Å². The van der Waals surface area contributed by atoms with Gasteiger partial charge in [0.05, 0.1) is 9.85 Å². The van der Waals surface area contributed by atoms with Crippen LogP contribution in [0.25, 0.3) is 0 Å². The Bertz CT molecular complexity index is 505. The van der Waals surface area contributed by atoms with Gasteiger partial charge in [0.25, 0.3) is 10.1 Å². The summed E-state index contributed by atoms with van der Waals surface area (Å²) >= 11 is 3.47. The molecule has 1 unspecified atom stereocenters. The molecule has 0 saturated heterocycles. The molecule has 0 saturated carbocycles. The van der Waals surface area contributed by atoms with Crippen LogP contribution in [-0.2, 0) is 16.5 Å². The van der Waals surface area contributed by atoms with Crippen molar-refractivity contribution >= 4 is 44.1 Å². The SMILES string of the molecule is CN1c2cc(S(=O)(=O)O)ccc2CC1Br.Cl. The van der Waals surface area contributed by atoms with Gasteiger partial charge >= 0.3 is 0 Å². The second-order valence-electron chi connectivity index (χ2n) is 3.52. The minimum absolute atomic E-state index is 0. The Morgan fingerprint density at radius 3 is 2.69 bits per heavy atom. The summed E-state index contributed by atoms with van der Waals surface area (Å²) in [7, 11) is -2.23. The molecule has 90 valence electrons. The summed E-state index contributed by atoms with van der Waals surface area (Å²) in [6.45, 7) is 0.